The van der Waals surface area contributed by atoms with Crippen molar-refractivity contribution < 1.29 is 4.79 Å². The Hall–Kier alpha value is -1.00. The fourth-order valence-corrected chi connectivity index (χ4v) is 4.24. The van der Waals surface area contributed by atoms with E-state index < -0.39 is 0 Å². The first-order valence-electron chi connectivity index (χ1n) is 8.32. The molecule has 3 rings (SSSR count). The predicted octanol–water partition coefficient (Wildman–Crippen LogP) is 3.63. The highest BCUT2D eigenvalue weighted by Gasteiger charge is 2.32. The van der Waals surface area contributed by atoms with Crippen molar-refractivity contribution in [1.29, 1.82) is 0 Å². The molecule has 1 fully saturated rings. The van der Waals surface area contributed by atoms with Gasteiger partial charge in [0, 0.05) is 22.7 Å². The lowest BCUT2D eigenvalue weighted by atomic mass is 10.2. The van der Waals surface area contributed by atoms with Crippen LogP contribution in [0.5, 0.6) is 0 Å². The Labute approximate surface area is 138 Å². The third kappa shape index (κ3) is 3.49. The molecule has 2 aliphatic rings. The average molecular weight is 318 g/mol. The molecule has 1 saturated carbocycles. The molecule has 4 heteroatoms. The monoisotopic (exact) mass is 318 g/mol. The first-order valence-corrected chi connectivity index (χ1v) is 9.20. The molecule has 0 saturated heterocycles. The van der Waals surface area contributed by atoms with Crippen molar-refractivity contribution in [3.63, 3.8) is 0 Å². The molecule has 120 valence electrons. The largest absolute Gasteiger partial charge is 0.310 e. The molecule has 1 heterocycles. The second kappa shape index (κ2) is 6.63. The lowest BCUT2D eigenvalue weighted by molar-refractivity contribution is -0.120. The van der Waals surface area contributed by atoms with E-state index in [2.05, 4.69) is 44.0 Å². The first kappa shape index (κ1) is 15.9. The van der Waals surface area contributed by atoms with Gasteiger partial charge in [-0.2, -0.15) is 0 Å². The Morgan fingerprint density at radius 1 is 1.36 bits per heavy atom. The summed E-state index contributed by atoms with van der Waals surface area (Å²) in [7, 11) is 2.09. The fraction of sp³-hybridized carbons (Fsp3) is 0.611. The van der Waals surface area contributed by atoms with Crippen molar-refractivity contribution in [3.8, 4) is 0 Å². The number of para-hydroxylation sites is 1. The van der Waals surface area contributed by atoms with Gasteiger partial charge >= 0.3 is 0 Å². The summed E-state index contributed by atoms with van der Waals surface area (Å²) >= 11 is 1.89. The van der Waals surface area contributed by atoms with Crippen molar-refractivity contribution in [3.05, 3.63) is 24.3 Å². The zero-order valence-corrected chi connectivity index (χ0v) is 14.6. The predicted molar refractivity (Wildman–Crippen MR) is 93.5 cm³/mol. The van der Waals surface area contributed by atoms with E-state index in [4.69, 9.17) is 0 Å². The van der Waals surface area contributed by atoms with Crippen LogP contribution < -0.4 is 4.90 Å². The Balaban J connectivity index is 1.73. The topological polar surface area (TPSA) is 23.6 Å². The molecular weight excluding hydrogens is 292 g/mol. The van der Waals surface area contributed by atoms with Gasteiger partial charge in [-0.05, 0) is 51.3 Å². The lowest BCUT2D eigenvalue weighted by Crippen LogP contribution is -2.43. The Kier molecular flexibility index (Phi) is 4.79. The second-order valence-electron chi connectivity index (χ2n) is 6.72. The molecule has 0 spiro atoms. The molecule has 1 amide bonds. The summed E-state index contributed by atoms with van der Waals surface area (Å²) in [5.41, 5.74) is 1.09. The fourth-order valence-electron chi connectivity index (χ4n) is 3.13. The molecule has 1 aromatic rings. The molecule has 1 aromatic carbocycles. The molecule has 1 aliphatic carbocycles. The zero-order valence-electron chi connectivity index (χ0n) is 13.8. The standard InChI is InChI=1S/C18H26N2OS/c1-13-10-11-20(16-6-4-5-7-17(16)22-13)18(21)12-19(3)14(2)15-8-9-15/h4-7,13-15H,8-12H2,1-3H3. The Morgan fingerprint density at radius 2 is 2.09 bits per heavy atom. The maximum absolute atomic E-state index is 12.9. The van der Waals surface area contributed by atoms with Crippen LogP contribution in [0.15, 0.2) is 29.2 Å². The first-order chi connectivity index (χ1) is 10.6. The number of rotatable bonds is 4. The van der Waals surface area contributed by atoms with Gasteiger partial charge in [0.25, 0.3) is 0 Å². The van der Waals surface area contributed by atoms with Gasteiger partial charge in [0.1, 0.15) is 0 Å². The minimum Gasteiger partial charge on any atom is -0.310 e. The SMILES string of the molecule is CC1CCN(C(=O)CN(C)C(C)C2CC2)c2ccccc2S1. The normalized spacial score (nSPS) is 23.1. The number of thioether (sulfide) groups is 1. The molecule has 0 N–H and O–H groups in total. The highest BCUT2D eigenvalue weighted by molar-refractivity contribution is 8.00. The van der Waals surface area contributed by atoms with Gasteiger partial charge in [-0.15, -0.1) is 11.8 Å². The number of hydrogen-bond acceptors (Lipinski definition) is 3. The molecule has 2 unspecified atom stereocenters. The van der Waals surface area contributed by atoms with E-state index in [0.717, 1.165) is 24.6 Å². The van der Waals surface area contributed by atoms with Crippen molar-refractivity contribution in [2.24, 2.45) is 5.92 Å². The van der Waals surface area contributed by atoms with Crippen LogP contribution in [0, 0.1) is 5.92 Å². The summed E-state index contributed by atoms with van der Waals surface area (Å²) in [5.74, 6) is 1.03. The third-order valence-corrected chi connectivity index (χ3v) is 6.17. The van der Waals surface area contributed by atoms with Crippen molar-refractivity contribution in [2.45, 2.75) is 49.3 Å². The van der Waals surface area contributed by atoms with Crippen LogP contribution in [-0.2, 0) is 4.79 Å². The lowest BCUT2D eigenvalue weighted by Gasteiger charge is -2.28. The van der Waals surface area contributed by atoms with E-state index in [1.54, 1.807) is 0 Å². The Bertz CT molecular complexity index is 544. The average Bonchev–Trinajstić information content (AvgIpc) is 3.32. The Morgan fingerprint density at radius 3 is 2.82 bits per heavy atom. The van der Waals surface area contributed by atoms with Crippen LogP contribution in [0.4, 0.5) is 5.69 Å². The minimum absolute atomic E-state index is 0.233. The van der Waals surface area contributed by atoms with E-state index in [9.17, 15) is 4.79 Å². The van der Waals surface area contributed by atoms with Crippen LogP contribution in [0.2, 0.25) is 0 Å². The molecule has 2 atom stereocenters. The number of likely N-dealkylation sites (N-methyl/N-ethyl adjacent to an activating group) is 1. The maximum Gasteiger partial charge on any atom is 0.241 e. The van der Waals surface area contributed by atoms with Crippen molar-refractivity contribution in [2.75, 3.05) is 25.0 Å². The molecule has 0 aromatic heterocycles. The zero-order chi connectivity index (χ0) is 15.7. The van der Waals surface area contributed by atoms with E-state index in [0.29, 0.717) is 17.8 Å². The molecule has 22 heavy (non-hydrogen) atoms. The van der Waals surface area contributed by atoms with Gasteiger partial charge < -0.3 is 4.90 Å². The van der Waals surface area contributed by atoms with Gasteiger partial charge in [0.2, 0.25) is 5.91 Å². The quantitative estimate of drug-likeness (QED) is 0.847. The number of carbonyl (C=O) groups excluding carboxylic acids is 1. The molecule has 1 aliphatic heterocycles. The van der Waals surface area contributed by atoms with Gasteiger partial charge in [-0.3, -0.25) is 9.69 Å². The van der Waals surface area contributed by atoms with Crippen LogP contribution in [-0.4, -0.2) is 42.2 Å². The van der Waals surface area contributed by atoms with Crippen LogP contribution in [0.3, 0.4) is 0 Å². The van der Waals surface area contributed by atoms with Crippen LogP contribution >= 0.6 is 11.8 Å². The van der Waals surface area contributed by atoms with Crippen molar-refractivity contribution in [1.82, 2.24) is 4.90 Å². The van der Waals surface area contributed by atoms with Gasteiger partial charge in [0.05, 0.1) is 12.2 Å². The summed E-state index contributed by atoms with van der Waals surface area (Å²) in [5, 5.41) is 0.557. The number of fused-ring (bicyclic) bond motifs is 1. The molecule has 0 radical (unpaired) electrons. The minimum atomic E-state index is 0.233. The van der Waals surface area contributed by atoms with Crippen molar-refractivity contribution >= 4 is 23.4 Å². The number of carbonyl (C=O) groups is 1. The number of anilines is 1. The van der Waals surface area contributed by atoms with E-state index in [1.807, 2.05) is 22.7 Å². The number of benzene rings is 1. The van der Waals surface area contributed by atoms with Gasteiger partial charge in [0.15, 0.2) is 0 Å². The second-order valence-corrected chi connectivity index (χ2v) is 8.20. The van der Waals surface area contributed by atoms with E-state index in [-0.39, 0.29) is 5.91 Å². The summed E-state index contributed by atoms with van der Waals surface area (Å²) in [6, 6.07) is 8.83. The summed E-state index contributed by atoms with van der Waals surface area (Å²) in [4.78, 5) is 18.3. The molecule has 0 bridgehead atoms. The molecule has 3 nitrogen and oxygen atoms in total. The summed E-state index contributed by atoms with van der Waals surface area (Å²) < 4.78 is 0. The summed E-state index contributed by atoms with van der Waals surface area (Å²) in [6.07, 6.45) is 3.69. The molecular formula is C18H26N2OS. The van der Waals surface area contributed by atoms with Gasteiger partial charge in [-0.1, -0.05) is 19.1 Å². The highest BCUT2D eigenvalue weighted by Crippen LogP contribution is 2.38. The summed E-state index contributed by atoms with van der Waals surface area (Å²) in [6.45, 7) is 5.84. The van der Waals surface area contributed by atoms with E-state index in [1.165, 1.54) is 17.7 Å². The number of nitrogens with zero attached hydrogens (tertiary/aromatic N) is 2. The maximum atomic E-state index is 12.9. The van der Waals surface area contributed by atoms with Gasteiger partial charge in [-0.25, -0.2) is 0 Å². The number of amides is 1. The van der Waals surface area contributed by atoms with Crippen LogP contribution in [0.25, 0.3) is 0 Å². The number of hydrogen-bond donors (Lipinski definition) is 0. The highest BCUT2D eigenvalue weighted by atomic mass is 32.2. The van der Waals surface area contributed by atoms with E-state index >= 15 is 0 Å². The third-order valence-electron chi connectivity index (χ3n) is 4.93. The smallest absolute Gasteiger partial charge is 0.241 e. The van der Waals surface area contributed by atoms with Crippen LogP contribution in [0.1, 0.15) is 33.1 Å².